The first-order valence-corrected chi connectivity index (χ1v) is 7.26. The van der Waals surface area contributed by atoms with E-state index in [-0.39, 0.29) is 5.96 Å². The number of nitrogens with one attached hydrogen (secondary N) is 2. The van der Waals surface area contributed by atoms with Crippen LogP contribution in [0, 0.1) is 0 Å². The molecule has 2 aromatic rings. The fourth-order valence-corrected chi connectivity index (χ4v) is 1.96. The van der Waals surface area contributed by atoms with E-state index in [1.165, 1.54) is 7.11 Å². The summed E-state index contributed by atoms with van der Waals surface area (Å²) in [7, 11) is 2.91. The number of carbonyl (C=O) groups excluding carboxylic acids is 1. The lowest BCUT2D eigenvalue weighted by Crippen LogP contribution is -2.22. The van der Waals surface area contributed by atoms with Gasteiger partial charge in [-0.15, -0.1) is 0 Å². The number of methoxy groups -OCH3 is 2. The van der Waals surface area contributed by atoms with E-state index in [9.17, 15) is 4.79 Å². The maximum absolute atomic E-state index is 11.1. The van der Waals surface area contributed by atoms with Crippen LogP contribution < -0.4 is 21.1 Å². The molecule has 0 radical (unpaired) electrons. The Morgan fingerprint density at radius 2 is 1.79 bits per heavy atom. The van der Waals surface area contributed by atoms with Gasteiger partial charge in [0.15, 0.2) is 5.96 Å². The van der Waals surface area contributed by atoms with Crippen LogP contribution in [0.4, 0.5) is 16.2 Å². The van der Waals surface area contributed by atoms with Crippen molar-refractivity contribution in [1.82, 2.24) is 0 Å². The summed E-state index contributed by atoms with van der Waals surface area (Å²) >= 11 is 0. The number of para-hydroxylation sites is 2. The Hall–Kier alpha value is -3.22. The Balaban J connectivity index is 1.95. The standard InChI is InChI=1S/C17H20N4O3/c1-23-15-6-4-3-5-14(15)21-16(18)19-11-12-7-9-13(10-8-12)20-17(22)24-2/h3-10H,11H2,1-2H3,(H,20,22)(H3,18,19,21). The molecular weight excluding hydrogens is 308 g/mol. The Bertz CT molecular complexity index is 714. The van der Waals surface area contributed by atoms with Gasteiger partial charge in [-0.2, -0.15) is 0 Å². The minimum Gasteiger partial charge on any atom is -0.495 e. The van der Waals surface area contributed by atoms with Gasteiger partial charge in [-0.3, -0.25) is 5.32 Å². The fourth-order valence-electron chi connectivity index (χ4n) is 1.96. The second-order valence-corrected chi connectivity index (χ2v) is 4.84. The third-order valence-corrected chi connectivity index (χ3v) is 3.19. The minimum absolute atomic E-state index is 0.288. The van der Waals surface area contributed by atoms with E-state index in [0.717, 1.165) is 11.3 Å². The largest absolute Gasteiger partial charge is 0.495 e. The van der Waals surface area contributed by atoms with Gasteiger partial charge >= 0.3 is 6.09 Å². The Morgan fingerprint density at radius 1 is 1.08 bits per heavy atom. The number of hydrogen-bond acceptors (Lipinski definition) is 4. The van der Waals surface area contributed by atoms with Crippen LogP contribution in [0.3, 0.4) is 0 Å². The molecule has 7 nitrogen and oxygen atoms in total. The van der Waals surface area contributed by atoms with Crippen molar-refractivity contribution in [2.24, 2.45) is 10.7 Å². The number of guanidine groups is 1. The maximum Gasteiger partial charge on any atom is 0.411 e. The summed E-state index contributed by atoms with van der Waals surface area (Å²) in [5.41, 5.74) is 8.25. The lowest BCUT2D eigenvalue weighted by atomic mass is 10.2. The Kier molecular flexibility index (Phi) is 6.01. The number of aliphatic imine (C=N–C) groups is 1. The van der Waals surface area contributed by atoms with Crippen LogP contribution in [0.25, 0.3) is 0 Å². The van der Waals surface area contributed by atoms with E-state index < -0.39 is 6.09 Å². The number of ether oxygens (including phenoxy) is 2. The molecule has 0 bridgehead atoms. The molecular formula is C17H20N4O3. The molecule has 126 valence electrons. The number of anilines is 2. The highest BCUT2D eigenvalue weighted by molar-refractivity contribution is 5.93. The second kappa shape index (κ2) is 8.42. The number of amides is 1. The molecule has 0 fully saturated rings. The molecule has 2 aromatic carbocycles. The van der Waals surface area contributed by atoms with Crippen LogP contribution in [0.1, 0.15) is 5.56 Å². The van der Waals surface area contributed by atoms with E-state index >= 15 is 0 Å². The van der Waals surface area contributed by atoms with E-state index in [2.05, 4.69) is 20.4 Å². The van der Waals surface area contributed by atoms with Gasteiger partial charge in [-0.25, -0.2) is 9.79 Å². The molecule has 4 N–H and O–H groups in total. The van der Waals surface area contributed by atoms with Crippen LogP contribution >= 0.6 is 0 Å². The molecule has 2 rings (SSSR count). The van der Waals surface area contributed by atoms with Gasteiger partial charge in [0.05, 0.1) is 26.5 Å². The van der Waals surface area contributed by atoms with E-state index in [4.69, 9.17) is 10.5 Å². The minimum atomic E-state index is -0.508. The molecule has 0 atom stereocenters. The van der Waals surface area contributed by atoms with Gasteiger partial charge in [-0.05, 0) is 29.8 Å². The molecule has 1 amide bonds. The van der Waals surface area contributed by atoms with E-state index in [1.807, 2.05) is 36.4 Å². The zero-order valence-corrected chi connectivity index (χ0v) is 13.6. The quantitative estimate of drug-likeness (QED) is 0.579. The summed E-state index contributed by atoms with van der Waals surface area (Å²) in [6, 6.07) is 14.7. The molecule has 0 aliphatic heterocycles. The van der Waals surface area contributed by atoms with Gasteiger partial charge < -0.3 is 20.5 Å². The third-order valence-electron chi connectivity index (χ3n) is 3.19. The number of hydrogen-bond donors (Lipinski definition) is 3. The molecule has 0 heterocycles. The zero-order valence-electron chi connectivity index (χ0n) is 13.6. The van der Waals surface area contributed by atoms with Gasteiger partial charge in [0.2, 0.25) is 0 Å². The van der Waals surface area contributed by atoms with Gasteiger partial charge in [0.1, 0.15) is 5.75 Å². The van der Waals surface area contributed by atoms with Crippen molar-refractivity contribution in [3.8, 4) is 5.75 Å². The van der Waals surface area contributed by atoms with Crippen molar-refractivity contribution in [2.75, 3.05) is 24.9 Å². The van der Waals surface area contributed by atoms with Crippen molar-refractivity contribution in [2.45, 2.75) is 6.54 Å². The normalized spacial score (nSPS) is 10.8. The van der Waals surface area contributed by atoms with E-state index in [1.54, 1.807) is 19.2 Å². The third kappa shape index (κ3) is 4.91. The van der Waals surface area contributed by atoms with Crippen molar-refractivity contribution < 1.29 is 14.3 Å². The Labute approximate surface area is 140 Å². The van der Waals surface area contributed by atoms with Gasteiger partial charge in [0.25, 0.3) is 0 Å². The van der Waals surface area contributed by atoms with Crippen LogP contribution in [-0.4, -0.2) is 26.3 Å². The highest BCUT2D eigenvalue weighted by Crippen LogP contribution is 2.22. The van der Waals surface area contributed by atoms with Crippen molar-refractivity contribution in [1.29, 1.82) is 0 Å². The van der Waals surface area contributed by atoms with Crippen LogP contribution in [-0.2, 0) is 11.3 Å². The predicted octanol–water partition coefficient (Wildman–Crippen LogP) is 2.80. The fraction of sp³-hybridized carbons (Fsp3) is 0.176. The lowest BCUT2D eigenvalue weighted by Gasteiger charge is -2.10. The average molecular weight is 328 g/mol. The predicted molar refractivity (Wildman–Crippen MR) is 94.4 cm³/mol. The van der Waals surface area contributed by atoms with Crippen LogP contribution in [0.2, 0.25) is 0 Å². The van der Waals surface area contributed by atoms with Crippen LogP contribution in [0.5, 0.6) is 5.75 Å². The molecule has 0 saturated heterocycles. The van der Waals surface area contributed by atoms with Crippen molar-refractivity contribution >= 4 is 23.4 Å². The first-order chi connectivity index (χ1) is 11.6. The highest BCUT2D eigenvalue weighted by Gasteiger charge is 2.03. The maximum atomic E-state index is 11.1. The topological polar surface area (TPSA) is 98.0 Å². The molecule has 0 unspecified atom stereocenters. The number of benzene rings is 2. The molecule has 0 saturated carbocycles. The van der Waals surface area contributed by atoms with Gasteiger partial charge in [-0.1, -0.05) is 24.3 Å². The molecule has 0 spiro atoms. The van der Waals surface area contributed by atoms with Crippen LogP contribution in [0.15, 0.2) is 53.5 Å². The van der Waals surface area contributed by atoms with Crippen molar-refractivity contribution in [3.63, 3.8) is 0 Å². The zero-order chi connectivity index (χ0) is 17.4. The van der Waals surface area contributed by atoms with Gasteiger partial charge in [0, 0.05) is 5.69 Å². The smallest absolute Gasteiger partial charge is 0.411 e. The number of nitrogens with zero attached hydrogens (tertiary/aromatic N) is 1. The number of nitrogens with two attached hydrogens (primary N) is 1. The summed E-state index contributed by atoms with van der Waals surface area (Å²) in [5, 5.41) is 5.59. The molecule has 0 aromatic heterocycles. The van der Waals surface area contributed by atoms with E-state index in [0.29, 0.717) is 18.0 Å². The first-order valence-electron chi connectivity index (χ1n) is 7.26. The first kappa shape index (κ1) is 17.1. The summed E-state index contributed by atoms with van der Waals surface area (Å²) in [4.78, 5) is 15.4. The summed E-state index contributed by atoms with van der Waals surface area (Å²) in [5.74, 6) is 0.977. The average Bonchev–Trinajstić information content (AvgIpc) is 2.61. The van der Waals surface area contributed by atoms with Crippen molar-refractivity contribution in [3.05, 3.63) is 54.1 Å². The SMILES string of the molecule is COC(=O)Nc1ccc(CN=C(N)Nc2ccccc2OC)cc1. The second-order valence-electron chi connectivity index (χ2n) is 4.84. The number of rotatable bonds is 5. The summed E-state index contributed by atoms with van der Waals surface area (Å²) < 4.78 is 9.78. The molecule has 0 aliphatic rings. The Morgan fingerprint density at radius 3 is 2.46 bits per heavy atom. The summed E-state index contributed by atoms with van der Waals surface area (Å²) in [6.07, 6.45) is -0.508. The molecule has 0 aliphatic carbocycles. The monoisotopic (exact) mass is 328 g/mol. The lowest BCUT2D eigenvalue weighted by molar-refractivity contribution is 0.187. The highest BCUT2D eigenvalue weighted by atomic mass is 16.5. The number of carbonyl (C=O) groups is 1. The summed E-state index contributed by atoms with van der Waals surface area (Å²) in [6.45, 7) is 0.409. The molecule has 7 heteroatoms. The molecule has 24 heavy (non-hydrogen) atoms.